The zero-order valence-electron chi connectivity index (χ0n) is 11.5. The molecule has 20 heavy (non-hydrogen) atoms. The number of hydrogen-bond donors (Lipinski definition) is 2. The molecule has 1 heterocycles. The highest BCUT2D eigenvalue weighted by molar-refractivity contribution is 5.76. The van der Waals surface area contributed by atoms with E-state index in [1.165, 1.54) is 0 Å². The lowest BCUT2D eigenvalue weighted by molar-refractivity contribution is -0.139. The maximum Gasteiger partial charge on any atom is 0.317 e. The van der Waals surface area contributed by atoms with Gasteiger partial charge in [0.25, 0.3) is 0 Å². The number of nitrogens with one attached hydrogen (secondary N) is 1. The summed E-state index contributed by atoms with van der Waals surface area (Å²) in [5, 5.41) is 15.7. The first-order valence-electron chi connectivity index (χ1n) is 6.81. The predicted octanol–water partition coefficient (Wildman–Crippen LogP) is -0.0632. The van der Waals surface area contributed by atoms with Gasteiger partial charge in [-0.05, 0) is 25.5 Å². The topological polar surface area (TPSA) is 87.5 Å². The maximum atomic E-state index is 11.8. The molecular formula is C13H20N4O3. The van der Waals surface area contributed by atoms with Crippen LogP contribution in [-0.4, -0.2) is 56.8 Å². The molecule has 1 aliphatic rings. The Hall–Kier alpha value is -1.89. The van der Waals surface area contributed by atoms with E-state index in [0.29, 0.717) is 6.54 Å². The number of carboxylic acid groups (broad SMARTS) is 1. The second kappa shape index (κ2) is 6.51. The van der Waals surface area contributed by atoms with Gasteiger partial charge in [0, 0.05) is 24.5 Å². The van der Waals surface area contributed by atoms with Crippen molar-refractivity contribution in [1.29, 1.82) is 0 Å². The Morgan fingerprint density at radius 3 is 2.80 bits per heavy atom. The van der Waals surface area contributed by atoms with Crippen LogP contribution < -0.4 is 5.32 Å². The minimum atomic E-state index is -0.807. The van der Waals surface area contributed by atoms with Crippen LogP contribution in [0.25, 0.3) is 0 Å². The summed E-state index contributed by atoms with van der Waals surface area (Å²) in [6.45, 7) is 2.95. The Morgan fingerprint density at radius 1 is 1.50 bits per heavy atom. The van der Waals surface area contributed by atoms with Gasteiger partial charge in [-0.2, -0.15) is 5.10 Å². The Morgan fingerprint density at radius 2 is 2.25 bits per heavy atom. The van der Waals surface area contributed by atoms with E-state index in [9.17, 15) is 9.59 Å². The van der Waals surface area contributed by atoms with E-state index in [1.807, 2.05) is 11.8 Å². The third-order valence-corrected chi connectivity index (χ3v) is 3.60. The summed E-state index contributed by atoms with van der Waals surface area (Å²) < 4.78 is 1.58. The second-order valence-corrected chi connectivity index (χ2v) is 5.05. The van der Waals surface area contributed by atoms with Crippen LogP contribution in [0.1, 0.15) is 19.8 Å². The standard InChI is InChI=1S/C13H20N4O3/c1-2-16(9-13(19)20)11-6-10(7-11)15-12(18)8-17-5-3-4-14-17/h3-5,10-11H,2,6-9H2,1H3,(H,15,18)(H,19,20). The molecule has 1 aliphatic carbocycles. The van der Waals surface area contributed by atoms with Crippen molar-refractivity contribution in [3.05, 3.63) is 18.5 Å². The largest absolute Gasteiger partial charge is 0.480 e. The van der Waals surface area contributed by atoms with Gasteiger partial charge in [-0.25, -0.2) is 0 Å². The van der Waals surface area contributed by atoms with Gasteiger partial charge < -0.3 is 10.4 Å². The molecule has 1 amide bonds. The van der Waals surface area contributed by atoms with Crippen molar-refractivity contribution >= 4 is 11.9 Å². The number of amides is 1. The van der Waals surface area contributed by atoms with E-state index >= 15 is 0 Å². The van der Waals surface area contributed by atoms with Crippen LogP contribution in [-0.2, 0) is 16.1 Å². The molecule has 0 bridgehead atoms. The van der Waals surface area contributed by atoms with Crippen molar-refractivity contribution in [2.24, 2.45) is 0 Å². The number of carboxylic acids is 1. The first kappa shape index (κ1) is 14.5. The molecule has 0 aliphatic heterocycles. The van der Waals surface area contributed by atoms with Gasteiger partial charge in [0.15, 0.2) is 0 Å². The second-order valence-electron chi connectivity index (χ2n) is 5.05. The molecular weight excluding hydrogens is 260 g/mol. The predicted molar refractivity (Wildman–Crippen MR) is 72.1 cm³/mol. The van der Waals surface area contributed by atoms with Gasteiger partial charge in [-0.1, -0.05) is 6.92 Å². The van der Waals surface area contributed by atoms with E-state index < -0.39 is 5.97 Å². The van der Waals surface area contributed by atoms with Crippen molar-refractivity contribution in [1.82, 2.24) is 20.0 Å². The van der Waals surface area contributed by atoms with E-state index in [2.05, 4.69) is 10.4 Å². The fourth-order valence-electron chi connectivity index (χ4n) is 2.49. The van der Waals surface area contributed by atoms with Gasteiger partial charge in [-0.15, -0.1) is 0 Å². The number of rotatable bonds is 7. The van der Waals surface area contributed by atoms with Crippen molar-refractivity contribution < 1.29 is 14.7 Å². The molecule has 7 nitrogen and oxygen atoms in total. The molecule has 0 spiro atoms. The van der Waals surface area contributed by atoms with E-state index in [-0.39, 0.29) is 31.1 Å². The molecule has 0 saturated heterocycles. The fraction of sp³-hybridized carbons (Fsp3) is 0.615. The maximum absolute atomic E-state index is 11.8. The van der Waals surface area contributed by atoms with Gasteiger partial charge in [0.1, 0.15) is 6.54 Å². The Balaban J connectivity index is 1.70. The normalized spacial score (nSPS) is 21.5. The van der Waals surface area contributed by atoms with E-state index in [4.69, 9.17) is 5.11 Å². The molecule has 0 aromatic carbocycles. The molecule has 0 radical (unpaired) electrons. The van der Waals surface area contributed by atoms with Crippen molar-refractivity contribution in [2.75, 3.05) is 13.1 Å². The number of nitrogens with zero attached hydrogens (tertiary/aromatic N) is 3. The van der Waals surface area contributed by atoms with Crippen molar-refractivity contribution in [3.63, 3.8) is 0 Å². The third-order valence-electron chi connectivity index (χ3n) is 3.60. The lowest BCUT2D eigenvalue weighted by atomic mass is 9.85. The van der Waals surface area contributed by atoms with Gasteiger partial charge in [0.05, 0.1) is 6.54 Å². The number of likely N-dealkylation sites (N-methyl/N-ethyl adjacent to an activating group) is 1. The van der Waals surface area contributed by atoms with Crippen molar-refractivity contribution in [2.45, 2.75) is 38.4 Å². The van der Waals surface area contributed by atoms with Crippen LogP contribution >= 0.6 is 0 Å². The zero-order chi connectivity index (χ0) is 14.5. The number of aliphatic carboxylic acids is 1. The molecule has 110 valence electrons. The molecule has 1 aromatic rings. The summed E-state index contributed by atoms with van der Waals surface area (Å²) in [5.41, 5.74) is 0. The first-order chi connectivity index (χ1) is 9.58. The van der Waals surface area contributed by atoms with E-state index in [0.717, 1.165) is 12.8 Å². The Labute approximate surface area is 117 Å². The number of carbonyl (C=O) groups excluding carboxylic acids is 1. The summed E-state index contributed by atoms with van der Waals surface area (Å²) in [7, 11) is 0. The van der Waals surface area contributed by atoms with Crippen LogP contribution in [0.3, 0.4) is 0 Å². The van der Waals surface area contributed by atoms with Gasteiger partial charge in [0.2, 0.25) is 5.91 Å². The minimum Gasteiger partial charge on any atom is -0.480 e. The third kappa shape index (κ3) is 3.80. The van der Waals surface area contributed by atoms with Crippen LogP contribution in [0.5, 0.6) is 0 Å². The monoisotopic (exact) mass is 280 g/mol. The molecule has 2 N–H and O–H groups in total. The molecule has 2 rings (SSSR count). The molecule has 0 atom stereocenters. The summed E-state index contributed by atoms with van der Waals surface area (Å²) in [4.78, 5) is 24.4. The molecule has 1 saturated carbocycles. The highest BCUT2D eigenvalue weighted by Crippen LogP contribution is 2.25. The number of aromatic nitrogens is 2. The summed E-state index contributed by atoms with van der Waals surface area (Å²) in [5.74, 6) is -0.864. The van der Waals surface area contributed by atoms with Crippen molar-refractivity contribution in [3.8, 4) is 0 Å². The summed E-state index contributed by atoms with van der Waals surface area (Å²) in [6.07, 6.45) is 5.00. The van der Waals surface area contributed by atoms with Gasteiger partial charge in [-0.3, -0.25) is 19.2 Å². The molecule has 1 aromatic heterocycles. The smallest absolute Gasteiger partial charge is 0.317 e. The highest BCUT2D eigenvalue weighted by Gasteiger charge is 2.34. The quantitative estimate of drug-likeness (QED) is 0.730. The number of carbonyl (C=O) groups is 2. The average molecular weight is 280 g/mol. The Kier molecular flexibility index (Phi) is 4.73. The van der Waals surface area contributed by atoms with Crippen LogP contribution in [0, 0.1) is 0 Å². The summed E-state index contributed by atoms with van der Waals surface area (Å²) in [6, 6.07) is 2.18. The lowest BCUT2D eigenvalue weighted by Crippen LogP contribution is -2.55. The minimum absolute atomic E-state index is 0.0570. The summed E-state index contributed by atoms with van der Waals surface area (Å²) >= 11 is 0. The Bertz CT molecular complexity index is 454. The van der Waals surface area contributed by atoms with Gasteiger partial charge >= 0.3 is 5.97 Å². The van der Waals surface area contributed by atoms with Crippen LogP contribution in [0.4, 0.5) is 0 Å². The molecule has 1 fully saturated rings. The lowest BCUT2D eigenvalue weighted by Gasteiger charge is -2.42. The zero-order valence-corrected chi connectivity index (χ0v) is 11.5. The number of hydrogen-bond acceptors (Lipinski definition) is 4. The molecule has 7 heteroatoms. The molecule has 0 unspecified atom stereocenters. The van der Waals surface area contributed by atoms with Crippen LogP contribution in [0.15, 0.2) is 18.5 Å². The first-order valence-corrected chi connectivity index (χ1v) is 6.81. The SMILES string of the molecule is CCN(CC(=O)O)C1CC(NC(=O)Cn2cccn2)C1. The van der Waals surface area contributed by atoms with E-state index in [1.54, 1.807) is 23.1 Å². The highest BCUT2D eigenvalue weighted by atomic mass is 16.4. The van der Waals surface area contributed by atoms with Crippen LogP contribution in [0.2, 0.25) is 0 Å². The fourth-order valence-corrected chi connectivity index (χ4v) is 2.49. The average Bonchev–Trinajstić information content (AvgIpc) is 2.83.